The number of benzene rings is 1. The summed E-state index contributed by atoms with van der Waals surface area (Å²) in [5, 5.41) is 2.49. The first kappa shape index (κ1) is 22.4. The van der Waals surface area contributed by atoms with Crippen LogP contribution in [0, 0.1) is 5.82 Å². The van der Waals surface area contributed by atoms with Crippen LogP contribution in [-0.2, 0) is 4.79 Å². The number of halogens is 1. The van der Waals surface area contributed by atoms with Crippen molar-refractivity contribution < 1.29 is 14.0 Å². The molecule has 0 atom stereocenters. The van der Waals surface area contributed by atoms with Gasteiger partial charge in [0.25, 0.3) is 11.1 Å². The van der Waals surface area contributed by atoms with Crippen molar-refractivity contribution in [3.05, 3.63) is 53.2 Å². The fourth-order valence-corrected chi connectivity index (χ4v) is 4.90. The lowest BCUT2D eigenvalue weighted by molar-refractivity contribution is -0.115. The molecule has 2 amide bonds. The number of imide groups is 1. The number of nitrogens with zero attached hydrogens (tertiary/aromatic N) is 5. The van der Waals surface area contributed by atoms with E-state index < -0.39 is 11.1 Å². The third-order valence-corrected chi connectivity index (χ3v) is 6.88. The van der Waals surface area contributed by atoms with Crippen LogP contribution in [0.5, 0.6) is 0 Å². The van der Waals surface area contributed by atoms with Crippen molar-refractivity contribution in [3.8, 4) is 11.3 Å². The molecule has 5 rings (SSSR count). The average molecular weight is 479 g/mol. The summed E-state index contributed by atoms with van der Waals surface area (Å²) in [4.78, 5) is 41.0. The number of carbonyl (C=O) groups is 2. The maximum Gasteiger partial charge on any atom is 0.290 e. The summed E-state index contributed by atoms with van der Waals surface area (Å²) in [7, 11) is 0. The monoisotopic (exact) mass is 478 g/mol. The molecule has 1 N–H and O–H groups in total. The third kappa shape index (κ3) is 4.38. The number of aromatic nitrogens is 3. The van der Waals surface area contributed by atoms with E-state index in [-0.39, 0.29) is 10.7 Å². The second-order valence-corrected chi connectivity index (χ2v) is 9.50. The van der Waals surface area contributed by atoms with Crippen LogP contribution >= 0.6 is 11.8 Å². The second kappa shape index (κ2) is 9.11. The van der Waals surface area contributed by atoms with Crippen LogP contribution in [0.3, 0.4) is 0 Å². The first-order valence-electron chi connectivity index (χ1n) is 11.0. The summed E-state index contributed by atoms with van der Waals surface area (Å²) in [6.45, 7) is 7.72. The van der Waals surface area contributed by atoms with Gasteiger partial charge in [0.05, 0.1) is 33.7 Å². The topological polar surface area (TPSA) is 91.3 Å². The Bertz CT molecular complexity index is 1320. The molecular formula is C24H23FN6O2S. The molecule has 2 aromatic heterocycles. The number of piperazine rings is 1. The van der Waals surface area contributed by atoms with E-state index in [0.717, 1.165) is 37.9 Å². The normalized spacial score (nSPS) is 18.4. The van der Waals surface area contributed by atoms with Crippen molar-refractivity contribution in [2.75, 3.05) is 31.1 Å². The summed E-state index contributed by atoms with van der Waals surface area (Å²) in [6, 6.07) is 7.40. The number of nitrogens with one attached hydrogen (secondary N) is 1. The summed E-state index contributed by atoms with van der Waals surface area (Å²) in [5.74, 6) is -0.746. The van der Waals surface area contributed by atoms with Crippen LogP contribution in [0.2, 0.25) is 0 Å². The molecule has 0 spiro atoms. The Hall–Kier alpha value is -3.37. The van der Waals surface area contributed by atoms with Crippen molar-refractivity contribution in [2.45, 2.75) is 19.9 Å². The number of hydrogen-bond donors (Lipinski definition) is 1. The average Bonchev–Trinajstić information content (AvgIpc) is 3.15. The van der Waals surface area contributed by atoms with Gasteiger partial charge in [0.2, 0.25) is 0 Å². The molecule has 8 nitrogen and oxygen atoms in total. The van der Waals surface area contributed by atoms with E-state index in [1.807, 2.05) is 6.07 Å². The number of carbonyl (C=O) groups excluding carboxylic acids is 2. The highest BCUT2D eigenvalue weighted by molar-refractivity contribution is 8.18. The molecule has 4 heterocycles. The minimum Gasteiger partial charge on any atom is -0.367 e. The molecule has 0 radical (unpaired) electrons. The van der Waals surface area contributed by atoms with Gasteiger partial charge in [-0.15, -0.1) is 0 Å². The van der Waals surface area contributed by atoms with E-state index >= 15 is 4.39 Å². The molecule has 0 saturated carbocycles. The van der Waals surface area contributed by atoms with Crippen molar-refractivity contribution in [1.29, 1.82) is 0 Å². The largest absolute Gasteiger partial charge is 0.367 e. The third-order valence-electron chi connectivity index (χ3n) is 6.07. The maximum absolute atomic E-state index is 15.2. The Morgan fingerprint density at radius 2 is 1.88 bits per heavy atom. The van der Waals surface area contributed by atoms with Crippen LogP contribution in [0.25, 0.3) is 28.2 Å². The number of thioether (sulfide) groups is 1. The predicted octanol–water partition coefficient (Wildman–Crippen LogP) is 3.69. The number of fused-ring (bicyclic) bond motifs is 1. The molecule has 1 aromatic carbocycles. The molecule has 0 bridgehead atoms. The van der Waals surface area contributed by atoms with E-state index in [9.17, 15) is 9.59 Å². The van der Waals surface area contributed by atoms with Crippen LogP contribution in [0.1, 0.15) is 19.5 Å². The molecule has 2 fully saturated rings. The minimum atomic E-state index is -0.451. The van der Waals surface area contributed by atoms with Gasteiger partial charge in [-0.3, -0.25) is 24.8 Å². The highest BCUT2D eigenvalue weighted by Crippen LogP contribution is 2.31. The van der Waals surface area contributed by atoms with Gasteiger partial charge in [0, 0.05) is 43.2 Å². The molecule has 0 aliphatic carbocycles. The molecule has 174 valence electrons. The number of amides is 2. The van der Waals surface area contributed by atoms with Gasteiger partial charge in [-0.1, -0.05) is 6.07 Å². The SMILES string of the molecule is CC(C)N1CCN(c2ccc(-c3ncnc4cnc(C=C5SC(=O)NC5=O)cc34)cc2F)CC1. The van der Waals surface area contributed by atoms with Crippen molar-refractivity contribution in [3.63, 3.8) is 0 Å². The van der Waals surface area contributed by atoms with Crippen LogP contribution in [-0.4, -0.2) is 63.2 Å². The van der Waals surface area contributed by atoms with Gasteiger partial charge in [-0.2, -0.15) is 0 Å². The predicted molar refractivity (Wildman–Crippen MR) is 131 cm³/mol. The van der Waals surface area contributed by atoms with Gasteiger partial charge in [-0.05, 0) is 49.9 Å². The molecule has 10 heteroatoms. The van der Waals surface area contributed by atoms with E-state index in [1.165, 1.54) is 12.4 Å². The molecule has 2 aliphatic heterocycles. The lowest BCUT2D eigenvalue weighted by Gasteiger charge is -2.38. The van der Waals surface area contributed by atoms with Crippen LogP contribution in [0.4, 0.5) is 14.9 Å². The van der Waals surface area contributed by atoms with E-state index in [4.69, 9.17) is 0 Å². The molecule has 2 saturated heterocycles. The number of rotatable bonds is 4. The van der Waals surface area contributed by atoms with Crippen molar-refractivity contribution >= 4 is 45.6 Å². The van der Waals surface area contributed by atoms with Crippen molar-refractivity contribution in [1.82, 2.24) is 25.2 Å². The zero-order chi connectivity index (χ0) is 23.8. The minimum absolute atomic E-state index is 0.267. The molecule has 3 aromatic rings. The fraction of sp³-hybridized carbons (Fsp3) is 0.292. The summed E-state index contributed by atoms with van der Waals surface area (Å²) in [5.41, 5.74) is 2.87. The summed E-state index contributed by atoms with van der Waals surface area (Å²) >= 11 is 0.826. The quantitative estimate of drug-likeness (QED) is 0.568. The van der Waals surface area contributed by atoms with E-state index in [1.54, 1.807) is 24.4 Å². The van der Waals surface area contributed by atoms with E-state index in [2.05, 4.69) is 43.9 Å². The number of hydrogen-bond acceptors (Lipinski definition) is 8. The molecule has 2 aliphatic rings. The van der Waals surface area contributed by atoms with Gasteiger partial charge >= 0.3 is 0 Å². The van der Waals surface area contributed by atoms with Crippen LogP contribution in [0.15, 0.2) is 41.7 Å². The van der Waals surface area contributed by atoms with E-state index in [0.29, 0.717) is 39.6 Å². The van der Waals surface area contributed by atoms with Crippen LogP contribution < -0.4 is 10.2 Å². The lowest BCUT2D eigenvalue weighted by atomic mass is 10.1. The van der Waals surface area contributed by atoms with Crippen molar-refractivity contribution in [2.24, 2.45) is 0 Å². The Labute approximate surface area is 200 Å². The second-order valence-electron chi connectivity index (χ2n) is 8.48. The highest BCUT2D eigenvalue weighted by atomic mass is 32.2. The Morgan fingerprint density at radius 3 is 2.56 bits per heavy atom. The molecule has 34 heavy (non-hydrogen) atoms. The zero-order valence-corrected chi connectivity index (χ0v) is 19.6. The van der Waals surface area contributed by atoms with Gasteiger partial charge in [0.15, 0.2) is 0 Å². The first-order valence-corrected chi connectivity index (χ1v) is 11.9. The van der Waals surface area contributed by atoms with Gasteiger partial charge in [0.1, 0.15) is 12.1 Å². The Balaban J connectivity index is 1.46. The molecule has 0 unspecified atom stereocenters. The maximum atomic E-state index is 15.2. The summed E-state index contributed by atoms with van der Waals surface area (Å²) in [6.07, 6.45) is 4.54. The Morgan fingerprint density at radius 1 is 1.09 bits per heavy atom. The lowest BCUT2D eigenvalue weighted by Crippen LogP contribution is -2.49. The first-order chi connectivity index (χ1) is 16.4. The van der Waals surface area contributed by atoms with Gasteiger partial charge in [-0.25, -0.2) is 14.4 Å². The Kier molecular flexibility index (Phi) is 6.01. The summed E-state index contributed by atoms with van der Waals surface area (Å²) < 4.78 is 15.2. The fourth-order valence-electron chi connectivity index (χ4n) is 4.23. The van der Waals surface area contributed by atoms with Gasteiger partial charge < -0.3 is 4.90 Å². The number of pyridine rings is 1. The molecular weight excluding hydrogens is 455 g/mol. The smallest absolute Gasteiger partial charge is 0.290 e. The standard InChI is InChI=1S/C24H23FN6O2S/c1-14(2)30-5-7-31(8-6-30)20-4-3-15(9-18(20)25)22-17-10-16(26-12-19(17)27-13-28-22)11-21-23(32)29-24(33)34-21/h3-4,9-14H,5-8H2,1-2H3,(H,29,32,33). The zero-order valence-electron chi connectivity index (χ0n) is 18.8. The number of anilines is 1. The highest BCUT2D eigenvalue weighted by Gasteiger charge is 2.25.